The zero-order chi connectivity index (χ0) is 11.6. The van der Waals surface area contributed by atoms with Gasteiger partial charge in [0.1, 0.15) is 11.4 Å². The van der Waals surface area contributed by atoms with E-state index in [4.69, 9.17) is 4.74 Å². The zero-order valence-corrected chi connectivity index (χ0v) is 9.03. The Labute approximate surface area is 93.6 Å². The second kappa shape index (κ2) is 3.96. The lowest BCUT2D eigenvalue weighted by Crippen LogP contribution is -2.47. The quantitative estimate of drug-likeness (QED) is 0.776. The molecule has 84 valence electrons. The van der Waals surface area contributed by atoms with E-state index in [0.717, 1.165) is 0 Å². The maximum atomic E-state index is 11.9. The molecule has 0 spiro atoms. The molecule has 0 radical (unpaired) electrons. The van der Waals surface area contributed by atoms with Crippen LogP contribution >= 0.6 is 0 Å². The van der Waals surface area contributed by atoms with Crippen molar-refractivity contribution in [1.29, 1.82) is 0 Å². The second-order valence-corrected chi connectivity index (χ2v) is 4.15. The van der Waals surface area contributed by atoms with E-state index in [-0.39, 0.29) is 12.2 Å². The number of hydrogen-bond donors (Lipinski definition) is 1. The molecule has 4 heteroatoms. The van der Waals surface area contributed by atoms with E-state index in [1.807, 2.05) is 19.1 Å². The van der Waals surface area contributed by atoms with E-state index in [1.165, 1.54) is 0 Å². The molecule has 1 aromatic carbocycles. The second-order valence-electron chi connectivity index (χ2n) is 4.15. The van der Waals surface area contributed by atoms with Gasteiger partial charge < -0.3 is 10.1 Å². The Kier molecular flexibility index (Phi) is 2.64. The fourth-order valence-corrected chi connectivity index (χ4v) is 1.88. The van der Waals surface area contributed by atoms with Crippen molar-refractivity contribution in [2.45, 2.75) is 18.9 Å². The van der Waals surface area contributed by atoms with Crippen LogP contribution in [-0.2, 0) is 4.79 Å². The third-order valence-electron chi connectivity index (χ3n) is 2.64. The van der Waals surface area contributed by atoms with Gasteiger partial charge in [-0.25, -0.2) is 0 Å². The number of ketones is 1. The third-order valence-corrected chi connectivity index (χ3v) is 2.64. The van der Waals surface area contributed by atoms with Crippen LogP contribution in [0.3, 0.4) is 0 Å². The molecule has 0 saturated carbocycles. The molecular weight excluding hydrogens is 206 g/mol. The van der Waals surface area contributed by atoms with Gasteiger partial charge >= 0.3 is 0 Å². The van der Waals surface area contributed by atoms with Gasteiger partial charge in [-0.15, -0.1) is 0 Å². The van der Waals surface area contributed by atoms with Gasteiger partial charge in [0.25, 0.3) is 0 Å². The summed E-state index contributed by atoms with van der Waals surface area (Å²) in [4.78, 5) is 22.1. The first-order valence-corrected chi connectivity index (χ1v) is 5.13. The summed E-state index contributed by atoms with van der Waals surface area (Å²) in [5.74, 6) is 0.644. The smallest absolute Gasteiger partial charge is 0.207 e. The lowest BCUT2D eigenvalue weighted by molar-refractivity contribution is -0.110. The van der Waals surface area contributed by atoms with Crippen molar-refractivity contribution < 1.29 is 14.3 Å². The Balaban J connectivity index is 2.26. The topological polar surface area (TPSA) is 55.4 Å². The average Bonchev–Trinajstić information content (AvgIpc) is 2.26. The van der Waals surface area contributed by atoms with Gasteiger partial charge in [-0.1, -0.05) is 12.1 Å². The number of amides is 1. The van der Waals surface area contributed by atoms with Crippen molar-refractivity contribution in [1.82, 2.24) is 5.32 Å². The van der Waals surface area contributed by atoms with Crippen molar-refractivity contribution in [3.63, 3.8) is 0 Å². The van der Waals surface area contributed by atoms with Gasteiger partial charge in [0.2, 0.25) is 6.41 Å². The lowest BCUT2D eigenvalue weighted by atomic mass is 9.91. The summed E-state index contributed by atoms with van der Waals surface area (Å²) < 4.78 is 5.75. The molecule has 1 amide bonds. The van der Waals surface area contributed by atoms with Crippen molar-refractivity contribution >= 4 is 12.2 Å². The van der Waals surface area contributed by atoms with E-state index < -0.39 is 5.60 Å². The molecule has 16 heavy (non-hydrogen) atoms. The van der Waals surface area contributed by atoms with E-state index in [0.29, 0.717) is 24.3 Å². The van der Waals surface area contributed by atoms with Crippen molar-refractivity contribution in [2.75, 3.05) is 6.54 Å². The number of rotatable bonds is 3. The average molecular weight is 219 g/mol. The van der Waals surface area contributed by atoms with Gasteiger partial charge in [0.15, 0.2) is 5.78 Å². The van der Waals surface area contributed by atoms with Crippen LogP contribution in [0.4, 0.5) is 0 Å². The van der Waals surface area contributed by atoms with Gasteiger partial charge in [0, 0.05) is 0 Å². The van der Waals surface area contributed by atoms with Crippen LogP contribution in [0.15, 0.2) is 24.3 Å². The molecular formula is C12H13NO3. The van der Waals surface area contributed by atoms with E-state index in [9.17, 15) is 9.59 Å². The molecule has 1 unspecified atom stereocenters. The zero-order valence-electron chi connectivity index (χ0n) is 9.03. The highest BCUT2D eigenvalue weighted by atomic mass is 16.5. The van der Waals surface area contributed by atoms with E-state index in [1.54, 1.807) is 12.1 Å². The monoisotopic (exact) mass is 219 g/mol. The third kappa shape index (κ3) is 1.91. The first-order chi connectivity index (χ1) is 7.64. The first kappa shape index (κ1) is 10.7. The molecule has 1 heterocycles. The number of para-hydroxylation sites is 1. The molecule has 0 aliphatic carbocycles. The van der Waals surface area contributed by atoms with E-state index >= 15 is 0 Å². The summed E-state index contributed by atoms with van der Waals surface area (Å²) in [7, 11) is 0. The summed E-state index contributed by atoms with van der Waals surface area (Å²) in [5, 5.41) is 2.55. The molecule has 0 saturated heterocycles. The Morgan fingerprint density at radius 3 is 3.00 bits per heavy atom. The standard InChI is InChI=1S/C12H13NO3/c1-12(7-13-8-14)6-10(15)9-4-2-3-5-11(9)16-12/h2-5,8H,6-7H2,1H3,(H,13,14). The number of carbonyl (C=O) groups excluding carboxylic acids is 2. The largest absolute Gasteiger partial charge is 0.484 e. The van der Waals surface area contributed by atoms with Crippen molar-refractivity contribution in [3.8, 4) is 5.75 Å². The molecule has 1 aliphatic heterocycles. The highest BCUT2D eigenvalue weighted by molar-refractivity contribution is 6.00. The highest BCUT2D eigenvalue weighted by Gasteiger charge is 2.35. The Morgan fingerprint density at radius 2 is 2.25 bits per heavy atom. The number of nitrogens with one attached hydrogen (secondary N) is 1. The molecule has 1 N–H and O–H groups in total. The number of fused-ring (bicyclic) bond motifs is 1. The van der Waals surface area contributed by atoms with Gasteiger partial charge in [-0.05, 0) is 19.1 Å². The summed E-state index contributed by atoms with van der Waals surface area (Å²) in [5.41, 5.74) is -0.0297. The molecule has 1 atom stereocenters. The van der Waals surface area contributed by atoms with Crippen molar-refractivity contribution in [2.24, 2.45) is 0 Å². The predicted molar refractivity (Wildman–Crippen MR) is 58.5 cm³/mol. The maximum absolute atomic E-state index is 11.9. The summed E-state index contributed by atoms with van der Waals surface area (Å²) in [6.45, 7) is 2.15. The summed E-state index contributed by atoms with van der Waals surface area (Å²) >= 11 is 0. The predicted octanol–water partition coefficient (Wildman–Crippen LogP) is 1.16. The normalized spacial score (nSPS) is 23.2. The minimum atomic E-state index is -0.646. The van der Waals surface area contributed by atoms with Crippen LogP contribution < -0.4 is 10.1 Å². The Morgan fingerprint density at radius 1 is 1.50 bits per heavy atom. The molecule has 0 aromatic heterocycles. The summed E-state index contributed by atoms with van der Waals surface area (Å²) in [6, 6.07) is 7.16. The van der Waals surface area contributed by atoms with Crippen LogP contribution in [0, 0.1) is 0 Å². The van der Waals surface area contributed by atoms with Crippen LogP contribution in [0.2, 0.25) is 0 Å². The molecule has 1 aliphatic rings. The Bertz CT molecular complexity index is 430. The number of benzene rings is 1. The summed E-state index contributed by atoms with van der Waals surface area (Å²) in [6.07, 6.45) is 0.893. The van der Waals surface area contributed by atoms with Gasteiger partial charge in [-0.3, -0.25) is 9.59 Å². The van der Waals surface area contributed by atoms with Crippen LogP contribution in [0.5, 0.6) is 5.75 Å². The molecule has 4 nitrogen and oxygen atoms in total. The number of hydrogen-bond acceptors (Lipinski definition) is 3. The fraction of sp³-hybridized carbons (Fsp3) is 0.333. The molecule has 0 fully saturated rings. The number of ether oxygens (including phenoxy) is 1. The Hall–Kier alpha value is -1.84. The minimum Gasteiger partial charge on any atom is -0.484 e. The van der Waals surface area contributed by atoms with E-state index in [2.05, 4.69) is 5.32 Å². The highest BCUT2D eigenvalue weighted by Crippen LogP contribution is 2.32. The van der Waals surface area contributed by atoms with Crippen molar-refractivity contribution in [3.05, 3.63) is 29.8 Å². The number of Topliss-reactive ketones (excluding diaryl/α,β-unsaturated/α-hetero) is 1. The SMILES string of the molecule is CC1(CNC=O)CC(=O)c2ccccc2O1. The van der Waals surface area contributed by atoms with Gasteiger partial charge in [-0.2, -0.15) is 0 Å². The van der Waals surface area contributed by atoms with Crippen LogP contribution in [0.1, 0.15) is 23.7 Å². The molecule has 0 bridgehead atoms. The molecule has 1 aromatic rings. The lowest BCUT2D eigenvalue weighted by Gasteiger charge is -2.34. The van der Waals surface area contributed by atoms with Crippen LogP contribution in [-0.4, -0.2) is 24.3 Å². The minimum absolute atomic E-state index is 0.0528. The fourth-order valence-electron chi connectivity index (χ4n) is 1.88. The first-order valence-electron chi connectivity index (χ1n) is 5.13. The number of carbonyl (C=O) groups is 2. The molecule has 2 rings (SSSR count). The maximum Gasteiger partial charge on any atom is 0.207 e. The van der Waals surface area contributed by atoms with Crippen LogP contribution in [0.25, 0.3) is 0 Å². The van der Waals surface area contributed by atoms with Gasteiger partial charge in [0.05, 0.1) is 18.5 Å².